The largest absolute Gasteiger partial charge is 0.491 e. The molecule has 1 atom stereocenters. The Hall–Kier alpha value is -2.36. The van der Waals surface area contributed by atoms with Gasteiger partial charge in [0.05, 0.1) is 12.7 Å². The molecule has 0 saturated carbocycles. The molecule has 0 amide bonds. The van der Waals surface area contributed by atoms with Crippen LogP contribution in [0.15, 0.2) is 36.5 Å². The molecule has 1 aromatic carbocycles. The molecule has 1 N–H and O–H groups in total. The number of hydrogen-bond acceptors (Lipinski definition) is 4. The fraction of sp³-hybridized carbons (Fsp3) is 0.143. The fourth-order valence-electron chi connectivity index (χ4n) is 2.15. The number of pyridine rings is 1. The molecular formula is C14H11BN2O3. The van der Waals surface area contributed by atoms with Crippen molar-refractivity contribution in [1.82, 2.24) is 4.98 Å². The molecule has 0 aliphatic carbocycles. The van der Waals surface area contributed by atoms with Crippen LogP contribution in [0.4, 0.5) is 5.69 Å². The van der Waals surface area contributed by atoms with E-state index in [2.05, 4.69) is 9.83 Å². The van der Waals surface area contributed by atoms with E-state index < -0.39 is 7.12 Å². The summed E-state index contributed by atoms with van der Waals surface area (Å²) in [5.74, 6) is 1.04. The maximum Gasteiger partial charge on any atom is 0.491 e. The van der Waals surface area contributed by atoms with Crippen molar-refractivity contribution in [3.05, 3.63) is 53.5 Å². The van der Waals surface area contributed by atoms with E-state index in [1.165, 1.54) is 6.20 Å². The minimum Gasteiger partial charge on any atom is -0.439 e. The minimum absolute atomic E-state index is 0.166. The van der Waals surface area contributed by atoms with Crippen molar-refractivity contribution < 1.29 is 14.4 Å². The third kappa shape index (κ3) is 2.25. The molecule has 0 spiro atoms. The third-order valence-electron chi connectivity index (χ3n) is 3.17. The van der Waals surface area contributed by atoms with E-state index in [4.69, 9.17) is 16.0 Å². The van der Waals surface area contributed by atoms with Crippen LogP contribution in [0.5, 0.6) is 11.6 Å². The van der Waals surface area contributed by atoms with Crippen molar-refractivity contribution in [1.29, 1.82) is 0 Å². The Kier molecular flexibility index (Phi) is 3.14. The lowest BCUT2D eigenvalue weighted by molar-refractivity contribution is 0.208. The van der Waals surface area contributed by atoms with Crippen molar-refractivity contribution in [3.63, 3.8) is 0 Å². The summed E-state index contributed by atoms with van der Waals surface area (Å²) in [6, 6.07) is 8.68. The zero-order valence-corrected chi connectivity index (χ0v) is 10.8. The van der Waals surface area contributed by atoms with Crippen LogP contribution in [0.25, 0.3) is 4.85 Å². The van der Waals surface area contributed by atoms with E-state index in [9.17, 15) is 5.02 Å². The monoisotopic (exact) mass is 266 g/mol. The van der Waals surface area contributed by atoms with E-state index in [0.29, 0.717) is 17.3 Å². The quantitative estimate of drug-likeness (QED) is 0.668. The molecule has 6 heteroatoms. The molecule has 0 saturated heterocycles. The SMILES string of the molecule is [C-]#[N+]c1ccc(Oc2ccc3c(c2)C(C)OB3O)nc1. The molecule has 1 unspecified atom stereocenters. The summed E-state index contributed by atoms with van der Waals surface area (Å²) in [6.45, 7) is 8.74. The van der Waals surface area contributed by atoms with Gasteiger partial charge in [-0.1, -0.05) is 6.07 Å². The predicted molar refractivity (Wildman–Crippen MR) is 74.1 cm³/mol. The number of hydrogen-bond donors (Lipinski definition) is 1. The lowest BCUT2D eigenvalue weighted by atomic mass is 9.79. The number of aromatic nitrogens is 1. The Labute approximate surface area is 116 Å². The standard InChI is InChI=1S/C14H11BN2O3/c1-9-12-7-11(4-5-13(12)15(18)20-9)19-14-6-3-10(16-2)8-17-14/h3-9,18H,1H3. The van der Waals surface area contributed by atoms with Crippen LogP contribution >= 0.6 is 0 Å². The number of nitrogens with zero attached hydrogens (tertiary/aromatic N) is 2. The van der Waals surface area contributed by atoms with Crippen molar-refractivity contribution >= 4 is 18.3 Å². The first-order valence-corrected chi connectivity index (χ1v) is 6.16. The number of fused-ring (bicyclic) bond motifs is 1. The maximum absolute atomic E-state index is 9.69. The maximum atomic E-state index is 9.69. The number of ether oxygens (including phenoxy) is 1. The molecule has 1 aliphatic rings. The Balaban J connectivity index is 1.85. The van der Waals surface area contributed by atoms with Gasteiger partial charge in [0.25, 0.3) is 0 Å². The van der Waals surface area contributed by atoms with E-state index in [1.807, 2.05) is 13.0 Å². The average Bonchev–Trinajstić information content (AvgIpc) is 2.75. The zero-order chi connectivity index (χ0) is 14.1. The highest BCUT2D eigenvalue weighted by Gasteiger charge is 2.32. The highest BCUT2D eigenvalue weighted by Crippen LogP contribution is 2.28. The second-order valence-corrected chi connectivity index (χ2v) is 4.49. The van der Waals surface area contributed by atoms with Crippen molar-refractivity contribution in [2.24, 2.45) is 0 Å². The Morgan fingerprint density at radius 1 is 1.40 bits per heavy atom. The van der Waals surface area contributed by atoms with Gasteiger partial charge in [0.2, 0.25) is 11.6 Å². The molecule has 5 nitrogen and oxygen atoms in total. The summed E-state index contributed by atoms with van der Waals surface area (Å²) in [5.41, 5.74) is 2.14. The topological polar surface area (TPSA) is 55.9 Å². The molecule has 1 aromatic heterocycles. The Morgan fingerprint density at radius 2 is 2.25 bits per heavy atom. The van der Waals surface area contributed by atoms with Crippen LogP contribution in [0.1, 0.15) is 18.6 Å². The lowest BCUT2D eigenvalue weighted by Crippen LogP contribution is -2.27. The molecule has 1 aliphatic heterocycles. The van der Waals surface area contributed by atoms with Crippen LogP contribution in [0.3, 0.4) is 0 Å². The van der Waals surface area contributed by atoms with E-state index in [1.54, 1.807) is 24.3 Å². The molecule has 0 fully saturated rings. The van der Waals surface area contributed by atoms with Gasteiger partial charge in [-0.25, -0.2) is 9.83 Å². The predicted octanol–water partition coefficient (Wildman–Crippen LogP) is 2.20. The summed E-state index contributed by atoms with van der Waals surface area (Å²) in [7, 11) is -0.870. The molecule has 2 heterocycles. The van der Waals surface area contributed by atoms with Gasteiger partial charge in [0.1, 0.15) is 5.75 Å². The average molecular weight is 266 g/mol. The van der Waals surface area contributed by atoms with E-state index in [0.717, 1.165) is 11.0 Å². The second-order valence-electron chi connectivity index (χ2n) is 4.49. The lowest BCUT2D eigenvalue weighted by Gasteiger charge is -2.08. The molecule has 0 bridgehead atoms. The highest BCUT2D eigenvalue weighted by molar-refractivity contribution is 6.61. The minimum atomic E-state index is -0.870. The van der Waals surface area contributed by atoms with E-state index in [-0.39, 0.29) is 6.10 Å². The molecular weight excluding hydrogens is 255 g/mol. The third-order valence-corrected chi connectivity index (χ3v) is 3.17. The van der Waals surface area contributed by atoms with Gasteiger partial charge in [-0.2, -0.15) is 0 Å². The van der Waals surface area contributed by atoms with Crippen LogP contribution in [0, 0.1) is 6.57 Å². The van der Waals surface area contributed by atoms with Crippen molar-refractivity contribution in [2.75, 3.05) is 0 Å². The van der Waals surface area contributed by atoms with Crippen molar-refractivity contribution in [2.45, 2.75) is 13.0 Å². The highest BCUT2D eigenvalue weighted by atomic mass is 16.5. The second kappa shape index (κ2) is 4.97. The summed E-state index contributed by atoms with van der Waals surface area (Å²) < 4.78 is 11.0. The molecule has 2 aromatic rings. The first kappa shape index (κ1) is 12.7. The summed E-state index contributed by atoms with van der Waals surface area (Å²) in [5, 5.41) is 9.69. The Morgan fingerprint density at radius 3 is 2.95 bits per heavy atom. The van der Waals surface area contributed by atoms with Gasteiger partial charge in [-0.05, 0) is 42.2 Å². The van der Waals surface area contributed by atoms with Gasteiger partial charge in [-0.3, -0.25) is 0 Å². The number of rotatable bonds is 2. The van der Waals surface area contributed by atoms with Gasteiger partial charge in [0.15, 0.2) is 0 Å². The van der Waals surface area contributed by atoms with Gasteiger partial charge in [0, 0.05) is 6.20 Å². The first-order chi connectivity index (χ1) is 9.67. The van der Waals surface area contributed by atoms with Gasteiger partial charge < -0.3 is 14.4 Å². The molecule has 3 rings (SSSR count). The summed E-state index contributed by atoms with van der Waals surface area (Å²) in [6.07, 6.45) is 1.30. The molecule has 20 heavy (non-hydrogen) atoms. The van der Waals surface area contributed by atoms with Crippen LogP contribution < -0.4 is 10.2 Å². The molecule has 0 radical (unpaired) electrons. The fourth-order valence-corrected chi connectivity index (χ4v) is 2.15. The zero-order valence-electron chi connectivity index (χ0n) is 10.8. The summed E-state index contributed by atoms with van der Waals surface area (Å²) in [4.78, 5) is 7.33. The van der Waals surface area contributed by atoms with Crippen LogP contribution in [-0.2, 0) is 4.65 Å². The Bertz CT molecular complexity index is 682. The van der Waals surface area contributed by atoms with Crippen LogP contribution in [-0.4, -0.2) is 17.1 Å². The first-order valence-electron chi connectivity index (χ1n) is 6.16. The van der Waals surface area contributed by atoms with Crippen molar-refractivity contribution in [3.8, 4) is 11.6 Å². The smallest absolute Gasteiger partial charge is 0.439 e. The normalized spacial score (nSPS) is 16.6. The van der Waals surface area contributed by atoms with Gasteiger partial charge >= 0.3 is 7.12 Å². The van der Waals surface area contributed by atoms with E-state index >= 15 is 0 Å². The number of benzene rings is 1. The van der Waals surface area contributed by atoms with Crippen LogP contribution in [0.2, 0.25) is 0 Å². The summed E-state index contributed by atoms with van der Waals surface area (Å²) >= 11 is 0. The van der Waals surface area contributed by atoms with Gasteiger partial charge in [-0.15, -0.1) is 0 Å². The molecule has 98 valence electrons.